The number of rotatable bonds is 4. The first kappa shape index (κ1) is 14.8. The molecule has 1 saturated carbocycles. The van der Waals surface area contributed by atoms with Crippen molar-refractivity contribution in [3.8, 4) is 0 Å². The average molecular weight is 328 g/mol. The van der Waals surface area contributed by atoms with Crippen LogP contribution in [0.15, 0.2) is 16.6 Å². The topological polar surface area (TPSA) is 75.5 Å². The Balaban J connectivity index is 1.93. The second-order valence-electron chi connectivity index (χ2n) is 5.38. The number of hydrogen-bond acceptors (Lipinski definition) is 5. The van der Waals surface area contributed by atoms with Crippen LogP contribution in [0.4, 0.5) is 5.82 Å². The molecule has 1 aliphatic rings. The third kappa shape index (κ3) is 2.93. The summed E-state index contributed by atoms with van der Waals surface area (Å²) in [5.74, 6) is 0.406. The summed E-state index contributed by atoms with van der Waals surface area (Å²) in [6.45, 7) is 0. The van der Waals surface area contributed by atoms with E-state index >= 15 is 0 Å². The number of sulfonamides is 1. The van der Waals surface area contributed by atoms with E-state index in [4.69, 9.17) is 0 Å². The molecule has 116 valence electrons. The molecule has 3 rings (SSSR count). The van der Waals surface area contributed by atoms with Crippen LogP contribution < -0.4 is 10.0 Å². The highest BCUT2D eigenvalue weighted by atomic mass is 32.2. The van der Waals surface area contributed by atoms with Crippen LogP contribution in [0.2, 0.25) is 0 Å². The summed E-state index contributed by atoms with van der Waals surface area (Å²) >= 11 is 1.42. The monoisotopic (exact) mass is 328 g/mol. The molecule has 2 N–H and O–H groups in total. The number of imidazole rings is 1. The minimum atomic E-state index is -3.58. The van der Waals surface area contributed by atoms with Gasteiger partial charge in [-0.2, -0.15) is 0 Å². The Morgan fingerprint density at radius 1 is 1.29 bits per heavy atom. The van der Waals surface area contributed by atoms with Crippen molar-refractivity contribution in [2.24, 2.45) is 0 Å². The van der Waals surface area contributed by atoms with Crippen molar-refractivity contribution >= 4 is 32.1 Å². The van der Waals surface area contributed by atoms with E-state index in [2.05, 4.69) is 15.0 Å². The van der Waals surface area contributed by atoms with Crippen LogP contribution in [-0.2, 0) is 10.0 Å². The summed E-state index contributed by atoms with van der Waals surface area (Å²) in [4.78, 5) is 5.00. The number of anilines is 1. The van der Waals surface area contributed by atoms with Gasteiger partial charge in [-0.3, -0.25) is 4.40 Å². The Hall–Kier alpha value is -1.12. The second kappa shape index (κ2) is 5.94. The van der Waals surface area contributed by atoms with E-state index in [-0.39, 0.29) is 11.1 Å². The first-order valence-corrected chi connectivity index (χ1v) is 9.64. The van der Waals surface area contributed by atoms with Crippen LogP contribution in [0, 0.1) is 0 Å². The Labute approximate surface area is 128 Å². The van der Waals surface area contributed by atoms with E-state index in [9.17, 15) is 8.42 Å². The highest BCUT2D eigenvalue weighted by Crippen LogP contribution is 2.26. The molecule has 0 amide bonds. The van der Waals surface area contributed by atoms with Gasteiger partial charge < -0.3 is 5.32 Å². The van der Waals surface area contributed by atoms with Gasteiger partial charge in [-0.25, -0.2) is 18.1 Å². The Morgan fingerprint density at radius 3 is 2.67 bits per heavy atom. The molecule has 0 unspecified atom stereocenters. The van der Waals surface area contributed by atoms with Gasteiger partial charge >= 0.3 is 0 Å². The highest BCUT2D eigenvalue weighted by Gasteiger charge is 2.28. The number of hydrogen-bond donors (Lipinski definition) is 2. The maximum absolute atomic E-state index is 12.8. The van der Waals surface area contributed by atoms with E-state index in [0.29, 0.717) is 10.8 Å². The van der Waals surface area contributed by atoms with Gasteiger partial charge in [0.05, 0.1) is 0 Å². The minimum Gasteiger partial charge on any atom is -0.371 e. The van der Waals surface area contributed by atoms with Crippen molar-refractivity contribution in [3.63, 3.8) is 0 Å². The SMILES string of the molecule is CNc1nc2sccn2c1S(=O)(=O)NC1CCCCCC1. The predicted molar refractivity (Wildman–Crippen MR) is 84.4 cm³/mol. The molecule has 0 aromatic carbocycles. The van der Waals surface area contributed by atoms with E-state index < -0.39 is 10.0 Å². The lowest BCUT2D eigenvalue weighted by molar-refractivity contribution is 0.508. The summed E-state index contributed by atoms with van der Waals surface area (Å²) in [6, 6.07) is 0.0337. The smallest absolute Gasteiger partial charge is 0.260 e. The van der Waals surface area contributed by atoms with Crippen LogP contribution in [0.5, 0.6) is 0 Å². The standard InChI is InChI=1S/C13H20N4O2S2/c1-14-11-12(17-8-9-20-13(17)15-11)21(18,19)16-10-6-4-2-3-5-7-10/h8-10,14,16H,2-7H2,1H3. The third-order valence-corrected chi connectivity index (χ3v) is 6.19. The van der Waals surface area contributed by atoms with E-state index in [0.717, 1.165) is 25.7 Å². The first-order valence-electron chi connectivity index (χ1n) is 7.27. The van der Waals surface area contributed by atoms with Crippen molar-refractivity contribution in [2.45, 2.75) is 49.6 Å². The number of thiazole rings is 1. The van der Waals surface area contributed by atoms with Gasteiger partial charge in [-0.15, -0.1) is 11.3 Å². The van der Waals surface area contributed by atoms with Gasteiger partial charge in [0.15, 0.2) is 15.8 Å². The van der Waals surface area contributed by atoms with Gasteiger partial charge in [0.1, 0.15) is 0 Å². The van der Waals surface area contributed by atoms with Crippen molar-refractivity contribution in [3.05, 3.63) is 11.6 Å². The number of nitrogens with one attached hydrogen (secondary N) is 2. The summed E-state index contributed by atoms with van der Waals surface area (Å²) < 4.78 is 30.0. The minimum absolute atomic E-state index is 0.0337. The Bertz CT molecular complexity index is 712. The molecule has 21 heavy (non-hydrogen) atoms. The molecule has 8 heteroatoms. The van der Waals surface area contributed by atoms with E-state index in [1.165, 1.54) is 24.2 Å². The molecular formula is C13H20N4O2S2. The maximum Gasteiger partial charge on any atom is 0.260 e. The second-order valence-corrected chi connectivity index (χ2v) is 7.88. The van der Waals surface area contributed by atoms with Crippen LogP contribution >= 0.6 is 11.3 Å². The Morgan fingerprint density at radius 2 is 2.00 bits per heavy atom. The number of nitrogens with zero attached hydrogens (tertiary/aromatic N) is 2. The zero-order valence-electron chi connectivity index (χ0n) is 12.0. The molecule has 0 spiro atoms. The summed E-state index contributed by atoms with van der Waals surface area (Å²) in [6.07, 6.45) is 8.15. The number of aromatic nitrogens is 2. The fourth-order valence-electron chi connectivity index (χ4n) is 2.86. The lowest BCUT2D eigenvalue weighted by Crippen LogP contribution is -2.35. The van der Waals surface area contributed by atoms with Crippen LogP contribution in [0.1, 0.15) is 38.5 Å². The lowest BCUT2D eigenvalue weighted by Gasteiger charge is -2.16. The van der Waals surface area contributed by atoms with Crippen molar-refractivity contribution in [2.75, 3.05) is 12.4 Å². The van der Waals surface area contributed by atoms with E-state index in [1.807, 2.05) is 5.38 Å². The first-order chi connectivity index (χ1) is 10.1. The van der Waals surface area contributed by atoms with Crippen LogP contribution in [-0.4, -0.2) is 30.9 Å². The Kier molecular flexibility index (Phi) is 4.19. The summed E-state index contributed by atoms with van der Waals surface area (Å²) in [5.41, 5.74) is 0. The van der Waals surface area contributed by atoms with Crippen molar-refractivity contribution < 1.29 is 8.42 Å². The van der Waals surface area contributed by atoms with Gasteiger partial charge in [-0.05, 0) is 12.8 Å². The van der Waals surface area contributed by atoms with E-state index in [1.54, 1.807) is 17.6 Å². The molecule has 2 aromatic heterocycles. The lowest BCUT2D eigenvalue weighted by atomic mass is 10.1. The molecular weight excluding hydrogens is 308 g/mol. The molecule has 6 nitrogen and oxygen atoms in total. The normalized spacial score (nSPS) is 18.0. The molecule has 0 radical (unpaired) electrons. The van der Waals surface area contributed by atoms with Crippen LogP contribution in [0.3, 0.4) is 0 Å². The zero-order valence-corrected chi connectivity index (χ0v) is 13.6. The van der Waals surface area contributed by atoms with Gasteiger partial charge in [0.2, 0.25) is 0 Å². The molecule has 2 heterocycles. The zero-order chi connectivity index (χ0) is 14.9. The predicted octanol–water partition coefficient (Wildman–Crippen LogP) is 2.44. The fourth-order valence-corrected chi connectivity index (χ4v) is 5.22. The van der Waals surface area contributed by atoms with Gasteiger partial charge in [0.25, 0.3) is 10.0 Å². The quantitative estimate of drug-likeness (QED) is 0.845. The fraction of sp³-hybridized carbons (Fsp3) is 0.615. The molecule has 0 bridgehead atoms. The average Bonchev–Trinajstić information content (AvgIpc) is 2.92. The van der Waals surface area contributed by atoms with Crippen LogP contribution in [0.25, 0.3) is 4.96 Å². The van der Waals surface area contributed by atoms with Crippen molar-refractivity contribution in [1.82, 2.24) is 14.1 Å². The molecule has 1 fully saturated rings. The molecule has 1 aliphatic carbocycles. The summed E-state index contributed by atoms with van der Waals surface area (Å²) in [7, 11) is -1.89. The largest absolute Gasteiger partial charge is 0.371 e. The molecule has 0 saturated heterocycles. The third-order valence-electron chi connectivity index (χ3n) is 3.89. The molecule has 0 atom stereocenters. The number of fused-ring (bicyclic) bond motifs is 1. The van der Waals surface area contributed by atoms with Gasteiger partial charge in [0, 0.05) is 24.7 Å². The summed E-state index contributed by atoms with van der Waals surface area (Å²) in [5, 5.41) is 4.94. The maximum atomic E-state index is 12.8. The van der Waals surface area contributed by atoms with Gasteiger partial charge in [-0.1, -0.05) is 25.7 Å². The highest BCUT2D eigenvalue weighted by molar-refractivity contribution is 7.89. The van der Waals surface area contributed by atoms with Crippen molar-refractivity contribution in [1.29, 1.82) is 0 Å². The molecule has 0 aliphatic heterocycles. The molecule has 2 aromatic rings.